The van der Waals surface area contributed by atoms with Crippen LogP contribution in [0.3, 0.4) is 0 Å². The number of esters is 1. The molecule has 13 heavy (non-hydrogen) atoms. The first-order chi connectivity index (χ1) is 6.13. The summed E-state index contributed by atoms with van der Waals surface area (Å²) in [4.78, 5) is 10.9. The lowest BCUT2D eigenvalue weighted by Crippen LogP contribution is -2.38. The molecule has 1 heterocycles. The van der Waals surface area contributed by atoms with E-state index in [-0.39, 0.29) is 12.5 Å². The lowest BCUT2D eigenvalue weighted by atomic mass is 10.2. The van der Waals surface area contributed by atoms with E-state index in [1.54, 1.807) is 0 Å². The Morgan fingerprint density at radius 3 is 2.69 bits per heavy atom. The average molecular weight is 180 g/mol. The molecule has 0 saturated carbocycles. The molecule has 0 aliphatic heterocycles. The molecule has 3 heteroatoms. The Labute approximate surface area is 78.0 Å². The SMILES string of the molecule is COC(=O)C[n+]1ccc(C)c(C)c1. The number of carbonyl (C=O) groups is 1. The fourth-order valence-electron chi connectivity index (χ4n) is 1.04. The molecule has 0 aromatic carbocycles. The van der Waals surface area contributed by atoms with Gasteiger partial charge in [-0.1, -0.05) is 0 Å². The molecule has 0 amide bonds. The second-order valence-electron chi connectivity index (χ2n) is 3.06. The second kappa shape index (κ2) is 4.03. The first-order valence-corrected chi connectivity index (χ1v) is 4.16. The van der Waals surface area contributed by atoms with E-state index in [2.05, 4.69) is 4.74 Å². The molecule has 70 valence electrons. The van der Waals surface area contributed by atoms with Crippen LogP contribution in [0.25, 0.3) is 0 Å². The minimum atomic E-state index is -0.228. The van der Waals surface area contributed by atoms with Gasteiger partial charge in [0.05, 0.1) is 7.11 Å². The first-order valence-electron chi connectivity index (χ1n) is 4.16. The molecule has 1 aromatic heterocycles. The molecule has 0 spiro atoms. The number of rotatable bonds is 2. The minimum Gasteiger partial charge on any atom is -0.464 e. The van der Waals surface area contributed by atoms with Crippen molar-refractivity contribution in [2.75, 3.05) is 7.11 Å². The van der Waals surface area contributed by atoms with Gasteiger partial charge in [-0.15, -0.1) is 0 Å². The topological polar surface area (TPSA) is 30.2 Å². The van der Waals surface area contributed by atoms with Gasteiger partial charge in [0, 0.05) is 11.6 Å². The number of aryl methyl sites for hydroxylation is 2. The van der Waals surface area contributed by atoms with Crippen LogP contribution in [-0.2, 0) is 16.1 Å². The van der Waals surface area contributed by atoms with Crippen LogP contribution in [-0.4, -0.2) is 13.1 Å². The highest BCUT2D eigenvalue weighted by Crippen LogP contribution is 2.00. The maximum absolute atomic E-state index is 10.9. The van der Waals surface area contributed by atoms with Gasteiger partial charge in [0.1, 0.15) is 0 Å². The van der Waals surface area contributed by atoms with E-state index in [4.69, 9.17) is 0 Å². The number of pyridine rings is 1. The first kappa shape index (κ1) is 9.71. The summed E-state index contributed by atoms with van der Waals surface area (Å²) in [7, 11) is 1.39. The van der Waals surface area contributed by atoms with Gasteiger partial charge >= 0.3 is 5.97 Å². The Morgan fingerprint density at radius 1 is 1.46 bits per heavy atom. The highest BCUT2D eigenvalue weighted by molar-refractivity contribution is 5.67. The van der Waals surface area contributed by atoms with Gasteiger partial charge in [-0.2, -0.15) is 4.57 Å². The molecular weight excluding hydrogens is 166 g/mol. The van der Waals surface area contributed by atoms with E-state index in [0.717, 1.165) is 0 Å². The summed E-state index contributed by atoms with van der Waals surface area (Å²) in [5, 5.41) is 0. The smallest absolute Gasteiger partial charge is 0.372 e. The van der Waals surface area contributed by atoms with Gasteiger partial charge in [0.2, 0.25) is 6.54 Å². The summed E-state index contributed by atoms with van der Waals surface area (Å²) >= 11 is 0. The van der Waals surface area contributed by atoms with E-state index < -0.39 is 0 Å². The van der Waals surface area contributed by atoms with Gasteiger partial charge in [0.25, 0.3) is 0 Å². The zero-order chi connectivity index (χ0) is 9.84. The third-order valence-electron chi connectivity index (χ3n) is 2.04. The predicted molar refractivity (Wildman–Crippen MR) is 48.1 cm³/mol. The lowest BCUT2D eigenvalue weighted by Gasteiger charge is -1.98. The number of aromatic nitrogens is 1. The number of hydrogen-bond donors (Lipinski definition) is 0. The molecule has 0 saturated heterocycles. The Balaban J connectivity index is 2.79. The van der Waals surface area contributed by atoms with Crippen molar-refractivity contribution in [1.29, 1.82) is 0 Å². The van der Waals surface area contributed by atoms with Crippen LogP contribution in [0.1, 0.15) is 11.1 Å². The van der Waals surface area contributed by atoms with Crippen molar-refractivity contribution in [1.82, 2.24) is 0 Å². The largest absolute Gasteiger partial charge is 0.464 e. The second-order valence-corrected chi connectivity index (χ2v) is 3.06. The molecule has 3 nitrogen and oxygen atoms in total. The third-order valence-corrected chi connectivity index (χ3v) is 2.04. The normalized spacial score (nSPS) is 9.77. The lowest BCUT2D eigenvalue weighted by molar-refractivity contribution is -0.686. The Kier molecular flexibility index (Phi) is 3.01. The average Bonchev–Trinajstić information content (AvgIpc) is 2.11. The van der Waals surface area contributed by atoms with E-state index in [0.29, 0.717) is 0 Å². The summed E-state index contributed by atoms with van der Waals surface area (Å²) in [5.41, 5.74) is 2.40. The molecule has 0 unspecified atom stereocenters. The van der Waals surface area contributed by atoms with Crippen molar-refractivity contribution in [3.8, 4) is 0 Å². The standard InChI is InChI=1S/C10H14NO2/c1-8-4-5-11(6-9(8)2)7-10(12)13-3/h4-6H,7H2,1-3H3/q+1. The van der Waals surface area contributed by atoms with Gasteiger partial charge in [0.15, 0.2) is 12.4 Å². The molecule has 1 rings (SSSR count). The summed E-state index contributed by atoms with van der Waals surface area (Å²) in [6.07, 6.45) is 3.81. The van der Waals surface area contributed by atoms with Crippen LogP contribution in [0.2, 0.25) is 0 Å². The Hall–Kier alpha value is -1.38. The maximum Gasteiger partial charge on any atom is 0.372 e. The monoisotopic (exact) mass is 180 g/mol. The fourth-order valence-corrected chi connectivity index (χ4v) is 1.04. The number of nitrogens with zero attached hydrogens (tertiary/aromatic N) is 1. The molecule has 0 atom stereocenters. The molecule has 0 radical (unpaired) electrons. The maximum atomic E-state index is 10.9. The van der Waals surface area contributed by atoms with Gasteiger partial charge in [-0.05, 0) is 19.4 Å². The number of ether oxygens (including phenoxy) is 1. The summed E-state index contributed by atoms with van der Waals surface area (Å²) < 4.78 is 6.38. The zero-order valence-corrected chi connectivity index (χ0v) is 8.20. The van der Waals surface area contributed by atoms with Gasteiger partial charge in [-0.3, -0.25) is 0 Å². The van der Waals surface area contributed by atoms with Gasteiger partial charge in [-0.25, -0.2) is 4.79 Å². The van der Waals surface area contributed by atoms with Crippen molar-refractivity contribution < 1.29 is 14.1 Å². The van der Waals surface area contributed by atoms with Crippen LogP contribution in [0.15, 0.2) is 18.5 Å². The molecule has 0 fully saturated rings. The zero-order valence-electron chi connectivity index (χ0n) is 8.20. The summed E-state index contributed by atoms with van der Waals surface area (Å²) in [6, 6.07) is 1.98. The van der Waals surface area contributed by atoms with Crippen LogP contribution < -0.4 is 4.57 Å². The Bertz CT molecular complexity index is 321. The van der Waals surface area contributed by atoms with Crippen molar-refractivity contribution in [3.63, 3.8) is 0 Å². The highest BCUT2D eigenvalue weighted by atomic mass is 16.5. The van der Waals surface area contributed by atoms with Crippen molar-refractivity contribution in [2.24, 2.45) is 0 Å². The predicted octanol–water partition coefficient (Wildman–Crippen LogP) is 0.764. The Morgan fingerprint density at radius 2 is 2.15 bits per heavy atom. The number of carbonyl (C=O) groups excluding carboxylic acids is 1. The fraction of sp³-hybridized carbons (Fsp3) is 0.400. The molecular formula is C10H14NO2+. The molecule has 0 aliphatic carbocycles. The quantitative estimate of drug-likeness (QED) is 0.497. The van der Waals surface area contributed by atoms with Crippen molar-refractivity contribution >= 4 is 5.97 Å². The molecule has 0 N–H and O–H groups in total. The van der Waals surface area contributed by atoms with Crippen molar-refractivity contribution in [3.05, 3.63) is 29.6 Å². The van der Waals surface area contributed by atoms with E-state index in [9.17, 15) is 4.79 Å². The van der Waals surface area contributed by atoms with Crippen LogP contribution in [0.5, 0.6) is 0 Å². The summed E-state index contributed by atoms with van der Waals surface area (Å²) in [6.45, 7) is 4.33. The molecule has 1 aromatic rings. The van der Waals surface area contributed by atoms with Crippen molar-refractivity contribution in [2.45, 2.75) is 20.4 Å². The van der Waals surface area contributed by atoms with E-state index in [1.807, 2.05) is 36.9 Å². The molecule has 0 bridgehead atoms. The van der Waals surface area contributed by atoms with Crippen LogP contribution >= 0.6 is 0 Å². The third kappa shape index (κ3) is 2.54. The van der Waals surface area contributed by atoms with E-state index >= 15 is 0 Å². The highest BCUT2D eigenvalue weighted by Gasteiger charge is 2.09. The van der Waals surface area contributed by atoms with E-state index in [1.165, 1.54) is 18.2 Å². The number of methoxy groups -OCH3 is 1. The number of hydrogen-bond acceptors (Lipinski definition) is 2. The van der Waals surface area contributed by atoms with Crippen LogP contribution in [0, 0.1) is 13.8 Å². The van der Waals surface area contributed by atoms with Crippen LogP contribution in [0.4, 0.5) is 0 Å². The minimum absolute atomic E-state index is 0.228. The molecule has 0 aliphatic rings. The summed E-state index contributed by atoms with van der Waals surface area (Å²) in [5.74, 6) is -0.228. The van der Waals surface area contributed by atoms with Gasteiger partial charge < -0.3 is 4.74 Å².